The van der Waals surface area contributed by atoms with Gasteiger partial charge in [-0.2, -0.15) is 0 Å². The minimum absolute atomic E-state index is 0.324. The Morgan fingerprint density at radius 3 is 1.92 bits per heavy atom. The molecule has 0 atom stereocenters. The van der Waals surface area contributed by atoms with Crippen LogP contribution in [0, 0.1) is 0 Å². The second kappa shape index (κ2) is 5.03. The molecule has 0 bridgehead atoms. The maximum atomic E-state index is 10.8. The van der Waals surface area contributed by atoms with E-state index in [9.17, 15) is 9.59 Å². The molecule has 1 aliphatic heterocycles. The van der Waals surface area contributed by atoms with Crippen LogP contribution in [-0.2, 0) is 18.0 Å². The van der Waals surface area contributed by atoms with Crippen LogP contribution in [0.5, 0.6) is 0 Å². The van der Waals surface area contributed by atoms with E-state index in [1.165, 1.54) is 0 Å². The van der Waals surface area contributed by atoms with Gasteiger partial charge in [0.25, 0.3) is 12.3 Å². The van der Waals surface area contributed by atoms with Crippen molar-refractivity contribution in [3.63, 3.8) is 0 Å². The lowest BCUT2D eigenvalue weighted by atomic mass is 10.1. The molecular formula is C7H10O4S. The van der Waals surface area contributed by atoms with Crippen LogP contribution in [0.25, 0.3) is 0 Å². The SMILES string of the molecule is O=C1CCCCCC(=O)OSO1. The van der Waals surface area contributed by atoms with Crippen molar-refractivity contribution in [2.75, 3.05) is 0 Å². The summed E-state index contributed by atoms with van der Waals surface area (Å²) in [5.41, 5.74) is 0. The summed E-state index contributed by atoms with van der Waals surface area (Å²) in [5.74, 6) is -0.649. The molecule has 0 amide bonds. The third-order valence-electron chi connectivity index (χ3n) is 1.52. The Bertz CT molecular complexity index is 162. The largest absolute Gasteiger partial charge is 0.355 e. The highest BCUT2D eigenvalue weighted by atomic mass is 32.2. The molecule has 0 aliphatic carbocycles. The van der Waals surface area contributed by atoms with Gasteiger partial charge < -0.3 is 8.37 Å². The Morgan fingerprint density at radius 2 is 1.42 bits per heavy atom. The molecule has 0 aromatic rings. The lowest BCUT2D eigenvalue weighted by Gasteiger charge is -2.05. The molecule has 5 heteroatoms. The number of hydrogen-bond donors (Lipinski definition) is 0. The van der Waals surface area contributed by atoms with E-state index in [-0.39, 0.29) is 11.9 Å². The summed E-state index contributed by atoms with van der Waals surface area (Å²) in [6.45, 7) is 0. The number of carbonyl (C=O) groups excluding carboxylic acids is 2. The molecule has 1 fully saturated rings. The summed E-state index contributed by atoms with van der Waals surface area (Å²) in [7, 11) is 0. The van der Waals surface area contributed by atoms with Gasteiger partial charge in [0.05, 0.1) is 0 Å². The Labute approximate surface area is 75.0 Å². The fraction of sp³-hybridized carbons (Fsp3) is 0.714. The van der Waals surface area contributed by atoms with Crippen LogP contribution < -0.4 is 0 Å². The molecule has 0 saturated carbocycles. The lowest BCUT2D eigenvalue weighted by Crippen LogP contribution is -2.05. The highest BCUT2D eigenvalue weighted by Crippen LogP contribution is 2.14. The summed E-state index contributed by atoms with van der Waals surface area (Å²) in [6.07, 6.45) is 3.25. The monoisotopic (exact) mass is 190 g/mol. The minimum Gasteiger partial charge on any atom is -0.355 e. The van der Waals surface area contributed by atoms with Gasteiger partial charge >= 0.3 is 11.9 Å². The van der Waals surface area contributed by atoms with Gasteiger partial charge in [0, 0.05) is 12.8 Å². The Hall–Kier alpha value is -0.710. The highest BCUT2D eigenvalue weighted by Gasteiger charge is 2.10. The van der Waals surface area contributed by atoms with Crippen molar-refractivity contribution in [1.82, 2.24) is 0 Å². The van der Waals surface area contributed by atoms with Crippen LogP contribution in [0.15, 0.2) is 0 Å². The summed E-state index contributed by atoms with van der Waals surface area (Å²) in [4.78, 5) is 21.5. The van der Waals surface area contributed by atoms with E-state index in [1.807, 2.05) is 0 Å². The molecule has 4 nitrogen and oxygen atoms in total. The zero-order chi connectivity index (χ0) is 8.81. The molecule has 0 radical (unpaired) electrons. The van der Waals surface area contributed by atoms with Gasteiger partial charge in [-0.1, -0.05) is 6.42 Å². The molecule has 1 rings (SSSR count). The molecule has 0 spiro atoms. The number of rotatable bonds is 0. The standard InChI is InChI=1S/C7H10O4S/c8-6-4-2-1-3-5-7(9)11-12-10-6/h1-5H2. The zero-order valence-corrected chi connectivity index (χ0v) is 7.39. The van der Waals surface area contributed by atoms with E-state index < -0.39 is 0 Å². The molecule has 1 saturated heterocycles. The Kier molecular flexibility index (Phi) is 3.93. The first-order chi connectivity index (χ1) is 5.79. The van der Waals surface area contributed by atoms with Crippen LogP contribution in [0.3, 0.4) is 0 Å². The third-order valence-corrected chi connectivity index (χ3v) is 2.02. The first-order valence-corrected chi connectivity index (χ1v) is 4.52. The predicted molar refractivity (Wildman–Crippen MR) is 42.9 cm³/mol. The fourth-order valence-corrected chi connectivity index (χ4v) is 1.24. The first-order valence-electron chi connectivity index (χ1n) is 3.86. The van der Waals surface area contributed by atoms with E-state index in [2.05, 4.69) is 8.37 Å². The van der Waals surface area contributed by atoms with Crippen molar-refractivity contribution in [2.45, 2.75) is 32.1 Å². The van der Waals surface area contributed by atoms with Gasteiger partial charge in [-0.05, 0) is 12.8 Å². The molecule has 0 N–H and O–H groups in total. The molecular weight excluding hydrogens is 180 g/mol. The average molecular weight is 190 g/mol. The molecule has 1 heterocycles. The lowest BCUT2D eigenvalue weighted by molar-refractivity contribution is -0.136. The second-order valence-corrected chi connectivity index (χ2v) is 3.01. The van der Waals surface area contributed by atoms with E-state index in [0.717, 1.165) is 19.3 Å². The van der Waals surface area contributed by atoms with Crippen LogP contribution >= 0.6 is 12.3 Å². The second-order valence-electron chi connectivity index (χ2n) is 2.54. The summed E-state index contributed by atoms with van der Waals surface area (Å²) < 4.78 is 9.05. The summed E-state index contributed by atoms with van der Waals surface area (Å²) in [5, 5.41) is 0. The van der Waals surface area contributed by atoms with Crippen LogP contribution in [-0.4, -0.2) is 11.9 Å². The predicted octanol–water partition coefficient (Wildman–Crippen LogP) is 1.60. The van der Waals surface area contributed by atoms with Crippen molar-refractivity contribution in [3.8, 4) is 0 Å². The van der Waals surface area contributed by atoms with Gasteiger partial charge in [-0.3, -0.25) is 9.59 Å². The molecule has 1 aliphatic rings. The van der Waals surface area contributed by atoms with E-state index in [4.69, 9.17) is 0 Å². The van der Waals surface area contributed by atoms with Gasteiger partial charge in [0.2, 0.25) is 0 Å². The fourth-order valence-electron chi connectivity index (χ4n) is 0.892. The minimum atomic E-state index is -0.324. The Balaban J connectivity index is 2.31. The zero-order valence-electron chi connectivity index (χ0n) is 6.58. The quantitative estimate of drug-likeness (QED) is 0.543. The maximum Gasteiger partial charge on any atom is 0.320 e. The van der Waals surface area contributed by atoms with Crippen LogP contribution in [0.2, 0.25) is 0 Å². The van der Waals surface area contributed by atoms with Crippen molar-refractivity contribution >= 4 is 24.3 Å². The molecule has 0 aromatic heterocycles. The van der Waals surface area contributed by atoms with Crippen molar-refractivity contribution in [1.29, 1.82) is 0 Å². The third kappa shape index (κ3) is 3.61. The topological polar surface area (TPSA) is 52.6 Å². The maximum absolute atomic E-state index is 10.8. The average Bonchev–Trinajstić information content (AvgIpc) is 2.04. The van der Waals surface area contributed by atoms with E-state index >= 15 is 0 Å². The molecule has 0 aromatic carbocycles. The van der Waals surface area contributed by atoms with E-state index in [0.29, 0.717) is 25.2 Å². The first kappa shape index (κ1) is 9.38. The highest BCUT2D eigenvalue weighted by molar-refractivity contribution is 7.90. The van der Waals surface area contributed by atoms with Crippen molar-refractivity contribution in [3.05, 3.63) is 0 Å². The number of hydrogen-bond acceptors (Lipinski definition) is 5. The van der Waals surface area contributed by atoms with E-state index in [1.54, 1.807) is 0 Å². The van der Waals surface area contributed by atoms with Gasteiger partial charge in [0.1, 0.15) is 0 Å². The van der Waals surface area contributed by atoms with Crippen molar-refractivity contribution < 1.29 is 18.0 Å². The Morgan fingerprint density at radius 1 is 0.917 bits per heavy atom. The normalized spacial score (nSPS) is 21.0. The molecule has 12 heavy (non-hydrogen) atoms. The summed E-state index contributed by atoms with van der Waals surface area (Å²) >= 11 is 0.469. The van der Waals surface area contributed by atoms with Crippen molar-refractivity contribution in [2.24, 2.45) is 0 Å². The van der Waals surface area contributed by atoms with Gasteiger partial charge in [0.15, 0.2) is 0 Å². The molecule has 0 unspecified atom stereocenters. The summed E-state index contributed by atoms with van der Waals surface area (Å²) in [6, 6.07) is 0. The van der Waals surface area contributed by atoms with Crippen LogP contribution in [0.1, 0.15) is 32.1 Å². The van der Waals surface area contributed by atoms with Gasteiger partial charge in [-0.15, -0.1) is 0 Å². The smallest absolute Gasteiger partial charge is 0.320 e. The van der Waals surface area contributed by atoms with Crippen LogP contribution in [0.4, 0.5) is 0 Å². The molecule has 68 valence electrons. The number of carbonyl (C=O) groups is 2. The van der Waals surface area contributed by atoms with Gasteiger partial charge in [-0.25, -0.2) is 0 Å².